The summed E-state index contributed by atoms with van der Waals surface area (Å²) in [5.41, 5.74) is 9.62. The fourth-order valence-corrected chi connectivity index (χ4v) is 7.40. The number of carbonyl (C=O) groups is 4. The fraction of sp³-hybridized carbons (Fsp3) is 0.364. The van der Waals surface area contributed by atoms with Gasteiger partial charge in [0.15, 0.2) is 0 Å². The van der Waals surface area contributed by atoms with Gasteiger partial charge in [0.05, 0.1) is 50.6 Å². The number of amides is 4. The molecule has 1 atom stereocenters. The van der Waals surface area contributed by atoms with Gasteiger partial charge in [-0.25, -0.2) is 14.6 Å². The number of benzene rings is 3. The zero-order valence-corrected chi connectivity index (χ0v) is 34.2. The van der Waals surface area contributed by atoms with Crippen molar-refractivity contribution in [2.75, 3.05) is 47.4 Å². The summed E-state index contributed by atoms with van der Waals surface area (Å²) in [7, 11) is 4.42. The third-order valence-corrected chi connectivity index (χ3v) is 10.3. The highest BCUT2D eigenvalue weighted by Gasteiger charge is 2.28. The number of imidazole rings is 1. The zero-order valence-electron chi connectivity index (χ0n) is 34.2. The molecule has 0 saturated heterocycles. The van der Waals surface area contributed by atoms with Gasteiger partial charge in [-0.1, -0.05) is 56.3 Å². The van der Waals surface area contributed by atoms with Crippen molar-refractivity contribution in [2.24, 2.45) is 4.99 Å². The van der Waals surface area contributed by atoms with Gasteiger partial charge in [0.25, 0.3) is 0 Å². The molecule has 1 aliphatic carbocycles. The van der Waals surface area contributed by atoms with Crippen LogP contribution in [0.1, 0.15) is 67.2 Å². The zero-order chi connectivity index (χ0) is 41.9. The van der Waals surface area contributed by atoms with Crippen LogP contribution in [0.2, 0.25) is 0 Å². The number of nitrogens with zero attached hydrogens (tertiary/aromatic N) is 4. The Hall–Kier alpha value is -6.64. The Balaban J connectivity index is 1.17. The molecule has 0 spiro atoms. The number of fused-ring (bicyclic) bond motifs is 4. The molecule has 1 aliphatic heterocycles. The van der Waals surface area contributed by atoms with E-state index in [2.05, 4.69) is 61.0 Å². The predicted octanol–water partition coefficient (Wildman–Crippen LogP) is 5.97. The Morgan fingerprint density at radius 2 is 1.68 bits per heavy atom. The van der Waals surface area contributed by atoms with Crippen LogP contribution in [-0.2, 0) is 38.6 Å². The lowest BCUT2D eigenvalue weighted by molar-refractivity contribution is -0.133. The number of hydrogen-bond donors (Lipinski definition) is 4. The quantitative estimate of drug-likeness (QED) is 0.0993. The Labute approximate surface area is 344 Å². The van der Waals surface area contributed by atoms with Gasteiger partial charge in [-0.15, -0.1) is 0 Å². The number of ether oxygens (including phenoxy) is 3. The molecule has 0 fully saturated rings. The molecule has 15 heteroatoms. The molecule has 0 unspecified atom stereocenters. The molecule has 0 bridgehead atoms. The standard InChI is InChI=1S/C44H52N8O7/c1-6-18-51(42(54)40(50-44(56)58-5)28-11-9-8-10-12-28)20-17-46-35-16-14-29-22-34-32-15-13-30(21-31(32)27-59-37(34)23-33(29)41(35)45-3)36-24-47-38(49-36)26-52(19-7-2)39(53)25-48-43(55)57-4/h8-13,15,17,21-24,40,45H,6-7,14,16,18-20,25-27H2,1-5H3,(H,47,49)(H,48,55)(H,50,56)/t40-/m1/s1. The molecular weight excluding hydrogens is 753 g/mol. The minimum Gasteiger partial charge on any atom is -0.488 e. The second kappa shape index (κ2) is 19.7. The van der Waals surface area contributed by atoms with Crippen LogP contribution < -0.4 is 20.7 Å². The van der Waals surface area contributed by atoms with E-state index in [0.29, 0.717) is 37.5 Å². The number of aryl methyl sites for hydroxylation is 1. The van der Waals surface area contributed by atoms with Crippen molar-refractivity contribution in [3.8, 4) is 28.1 Å². The number of rotatable bonds is 16. The SMILES string of the molecule is CCCN(Cc1ncc(-c2ccc3c(c2)COc2cc4c(cc2-3)CCC(N=CCN(CCC)C(=O)[C@H](NC(=O)OC)c2ccccc2)=C4NC)[nH]1)C(=O)CNC(=O)OC. The van der Waals surface area contributed by atoms with Gasteiger partial charge in [-0.3, -0.25) is 14.6 Å². The Morgan fingerprint density at radius 1 is 0.915 bits per heavy atom. The summed E-state index contributed by atoms with van der Waals surface area (Å²) in [6.07, 6.45) is 5.17. The monoisotopic (exact) mass is 804 g/mol. The summed E-state index contributed by atoms with van der Waals surface area (Å²) in [5.74, 6) is 0.958. The molecule has 4 amide bonds. The summed E-state index contributed by atoms with van der Waals surface area (Å²) in [5, 5.41) is 8.51. The molecule has 0 saturated carbocycles. The second-order valence-electron chi connectivity index (χ2n) is 14.2. The van der Waals surface area contributed by atoms with Gasteiger partial charge < -0.3 is 44.9 Å². The molecular formula is C44H52N8O7. The largest absolute Gasteiger partial charge is 0.488 e. The molecule has 6 rings (SSSR count). The number of aliphatic imine (C=N–C) groups is 1. The normalized spacial score (nSPS) is 13.3. The molecule has 310 valence electrons. The van der Waals surface area contributed by atoms with Gasteiger partial charge in [-0.05, 0) is 71.7 Å². The highest BCUT2D eigenvalue weighted by atomic mass is 16.5. The van der Waals surface area contributed by atoms with Gasteiger partial charge in [0, 0.05) is 37.5 Å². The maximum Gasteiger partial charge on any atom is 0.407 e. The van der Waals surface area contributed by atoms with Crippen molar-refractivity contribution in [2.45, 2.75) is 58.7 Å². The van der Waals surface area contributed by atoms with Crippen molar-refractivity contribution < 1.29 is 33.4 Å². The van der Waals surface area contributed by atoms with E-state index in [-0.39, 0.29) is 31.4 Å². The molecule has 4 aromatic rings. The highest BCUT2D eigenvalue weighted by Crippen LogP contribution is 2.43. The number of aromatic nitrogens is 2. The van der Waals surface area contributed by atoms with E-state index in [1.807, 2.05) is 51.2 Å². The van der Waals surface area contributed by atoms with Crippen LogP contribution in [0, 0.1) is 0 Å². The van der Waals surface area contributed by atoms with Gasteiger partial charge >= 0.3 is 12.2 Å². The third-order valence-electron chi connectivity index (χ3n) is 10.3. The van der Waals surface area contributed by atoms with Crippen LogP contribution in [-0.4, -0.2) is 97.4 Å². The third kappa shape index (κ3) is 9.91. The topological polar surface area (TPSA) is 180 Å². The van der Waals surface area contributed by atoms with E-state index in [1.54, 1.807) is 22.2 Å². The number of alkyl carbamates (subject to hydrolysis) is 2. The molecule has 2 aliphatic rings. The Bertz CT molecular complexity index is 2220. The molecule has 2 heterocycles. The van der Waals surface area contributed by atoms with Crippen LogP contribution >= 0.6 is 0 Å². The predicted molar refractivity (Wildman–Crippen MR) is 224 cm³/mol. The summed E-state index contributed by atoms with van der Waals surface area (Å²) in [6, 6.07) is 18.8. The highest BCUT2D eigenvalue weighted by molar-refractivity contribution is 5.89. The van der Waals surface area contributed by atoms with E-state index in [9.17, 15) is 19.2 Å². The summed E-state index contributed by atoms with van der Waals surface area (Å²) >= 11 is 0. The number of aromatic amines is 1. The number of allylic oxidation sites excluding steroid dienone is 1. The lowest BCUT2D eigenvalue weighted by Crippen LogP contribution is -2.44. The molecule has 1 aromatic heterocycles. The lowest BCUT2D eigenvalue weighted by Gasteiger charge is -2.28. The molecule has 3 aromatic carbocycles. The number of hydrogen-bond acceptors (Lipinski definition) is 10. The number of carbonyl (C=O) groups excluding carboxylic acids is 4. The second-order valence-corrected chi connectivity index (χ2v) is 14.2. The molecule has 4 N–H and O–H groups in total. The Kier molecular flexibility index (Phi) is 14.0. The van der Waals surface area contributed by atoms with Crippen molar-refractivity contribution >= 4 is 35.9 Å². The van der Waals surface area contributed by atoms with Gasteiger partial charge in [-0.2, -0.15) is 0 Å². The smallest absolute Gasteiger partial charge is 0.407 e. The maximum atomic E-state index is 13.8. The van der Waals surface area contributed by atoms with E-state index in [0.717, 1.165) is 69.9 Å². The summed E-state index contributed by atoms with van der Waals surface area (Å²) < 4.78 is 15.8. The van der Waals surface area contributed by atoms with Crippen LogP contribution in [0.5, 0.6) is 5.75 Å². The molecule has 0 radical (unpaired) electrons. The van der Waals surface area contributed by atoms with E-state index >= 15 is 0 Å². The number of nitrogens with one attached hydrogen (secondary N) is 4. The summed E-state index contributed by atoms with van der Waals surface area (Å²) in [6.45, 7) is 5.78. The van der Waals surface area contributed by atoms with Crippen LogP contribution in [0.15, 0.2) is 77.5 Å². The van der Waals surface area contributed by atoms with Crippen molar-refractivity contribution in [3.05, 3.63) is 101 Å². The molecule has 15 nitrogen and oxygen atoms in total. The van der Waals surface area contributed by atoms with Crippen LogP contribution in [0.4, 0.5) is 9.59 Å². The fourth-order valence-electron chi connectivity index (χ4n) is 7.40. The van der Waals surface area contributed by atoms with Gasteiger partial charge in [0.1, 0.15) is 30.8 Å². The maximum absolute atomic E-state index is 13.8. The first-order valence-corrected chi connectivity index (χ1v) is 19.9. The minimum atomic E-state index is -0.895. The first-order valence-electron chi connectivity index (χ1n) is 19.9. The lowest BCUT2D eigenvalue weighted by atomic mass is 9.86. The minimum absolute atomic E-state index is 0.158. The van der Waals surface area contributed by atoms with Crippen molar-refractivity contribution in [3.63, 3.8) is 0 Å². The van der Waals surface area contributed by atoms with E-state index < -0.39 is 18.2 Å². The van der Waals surface area contributed by atoms with Crippen LogP contribution in [0.25, 0.3) is 28.1 Å². The van der Waals surface area contributed by atoms with Crippen molar-refractivity contribution in [1.29, 1.82) is 0 Å². The average Bonchev–Trinajstić information content (AvgIpc) is 3.74. The average molecular weight is 805 g/mol. The van der Waals surface area contributed by atoms with E-state index in [1.165, 1.54) is 19.8 Å². The molecule has 59 heavy (non-hydrogen) atoms. The Morgan fingerprint density at radius 3 is 2.41 bits per heavy atom. The first-order chi connectivity index (χ1) is 28.7. The summed E-state index contributed by atoms with van der Waals surface area (Å²) in [4.78, 5) is 66.4. The number of methoxy groups -OCH3 is 2. The van der Waals surface area contributed by atoms with Gasteiger partial charge in [0.2, 0.25) is 11.8 Å². The number of H-pyrrole nitrogens is 1. The van der Waals surface area contributed by atoms with Crippen LogP contribution in [0.3, 0.4) is 0 Å². The van der Waals surface area contributed by atoms with Crippen molar-refractivity contribution in [1.82, 2.24) is 35.7 Å². The van der Waals surface area contributed by atoms with E-state index in [4.69, 9.17) is 14.5 Å². The first kappa shape index (κ1) is 42.0.